The molecule has 0 saturated carbocycles. The number of aryl methyl sites for hydroxylation is 1. The number of aromatic nitrogens is 2. The van der Waals surface area contributed by atoms with Crippen LogP contribution >= 0.6 is 0 Å². The van der Waals surface area contributed by atoms with Crippen molar-refractivity contribution in [3.63, 3.8) is 0 Å². The van der Waals surface area contributed by atoms with E-state index in [1.54, 1.807) is 6.20 Å². The molecular weight excluding hydrogens is 190 g/mol. The number of nitrogens with one attached hydrogen (secondary N) is 1. The molecule has 0 spiro atoms. The lowest BCUT2D eigenvalue weighted by Gasteiger charge is -2.22. The molecule has 4 heteroatoms. The van der Waals surface area contributed by atoms with E-state index < -0.39 is 0 Å². The molecule has 0 aliphatic carbocycles. The number of nitrogens with zero attached hydrogens (tertiary/aromatic N) is 2. The Labute approximate surface area is 90.1 Å². The molecular formula is C11H17N3O. The number of ether oxygens (including phenoxy) is 1. The van der Waals surface area contributed by atoms with Gasteiger partial charge in [-0.1, -0.05) is 0 Å². The molecule has 1 atom stereocenters. The zero-order valence-corrected chi connectivity index (χ0v) is 9.07. The minimum atomic E-state index is 0.619. The van der Waals surface area contributed by atoms with Crippen LogP contribution in [0.2, 0.25) is 0 Å². The second kappa shape index (κ2) is 5.07. The van der Waals surface area contributed by atoms with Gasteiger partial charge in [-0.15, -0.1) is 0 Å². The molecule has 2 heterocycles. The number of anilines is 1. The maximum Gasteiger partial charge on any atom is 0.129 e. The fourth-order valence-corrected chi connectivity index (χ4v) is 1.77. The molecule has 1 unspecified atom stereocenters. The van der Waals surface area contributed by atoms with Crippen molar-refractivity contribution in [3.05, 3.63) is 18.1 Å². The van der Waals surface area contributed by atoms with E-state index >= 15 is 0 Å². The third kappa shape index (κ3) is 3.16. The van der Waals surface area contributed by atoms with Crippen molar-refractivity contribution >= 4 is 5.82 Å². The highest BCUT2D eigenvalue weighted by atomic mass is 16.5. The maximum absolute atomic E-state index is 5.42. The van der Waals surface area contributed by atoms with Gasteiger partial charge in [0.1, 0.15) is 11.6 Å². The molecule has 1 fully saturated rings. The predicted molar refractivity (Wildman–Crippen MR) is 58.8 cm³/mol. The highest BCUT2D eigenvalue weighted by Gasteiger charge is 2.13. The van der Waals surface area contributed by atoms with E-state index in [9.17, 15) is 0 Å². The molecule has 82 valence electrons. The van der Waals surface area contributed by atoms with Gasteiger partial charge in [0.25, 0.3) is 0 Å². The smallest absolute Gasteiger partial charge is 0.129 e. The van der Waals surface area contributed by atoms with Gasteiger partial charge in [0.15, 0.2) is 0 Å². The lowest BCUT2D eigenvalue weighted by Crippen LogP contribution is -2.24. The van der Waals surface area contributed by atoms with Crippen molar-refractivity contribution in [3.8, 4) is 0 Å². The van der Waals surface area contributed by atoms with Crippen LogP contribution in [0.5, 0.6) is 0 Å². The van der Waals surface area contributed by atoms with Crippen LogP contribution in [0.15, 0.2) is 12.3 Å². The Morgan fingerprint density at radius 3 is 3.27 bits per heavy atom. The Kier molecular flexibility index (Phi) is 3.50. The van der Waals surface area contributed by atoms with Gasteiger partial charge in [0, 0.05) is 19.3 Å². The summed E-state index contributed by atoms with van der Waals surface area (Å²) >= 11 is 0. The van der Waals surface area contributed by atoms with Gasteiger partial charge < -0.3 is 10.1 Å². The third-order valence-corrected chi connectivity index (χ3v) is 2.60. The largest absolute Gasteiger partial charge is 0.381 e. The molecule has 2 rings (SSSR count). The van der Waals surface area contributed by atoms with Crippen LogP contribution in [-0.4, -0.2) is 29.7 Å². The standard InChI is InChI=1S/C11H17N3O/c1-9-12-5-4-11(14-9)13-7-10-3-2-6-15-8-10/h4-5,10H,2-3,6-8H2,1H3,(H,12,13,14). The van der Waals surface area contributed by atoms with Gasteiger partial charge >= 0.3 is 0 Å². The minimum absolute atomic E-state index is 0.619. The van der Waals surface area contributed by atoms with E-state index in [4.69, 9.17) is 4.74 Å². The van der Waals surface area contributed by atoms with E-state index in [-0.39, 0.29) is 0 Å². The van der Waals surface area contributed by atoms with E-state index in [0.717, 1.165) is 31.4 Å². The first-order valence-corrected chi connectivity index (χ1v) is 5.46. The van der Waals surface area contributed by atoms with Crippen molar-refractivity contribution in [2.45, 2.75) is 19.8 Å². The fraction of sp³-hybridized carbons (Fsp3) is 0.636. The Balaban J connectivity index is 1.81. The quantitative estimate of drug-likeness (QED) is 0.818. The summed E-state index contributed by atoms with van der Waals surface area (Å²) in [7, 11) is 0. The van der Waals surface area contributed by atoms with Gasteiger partial charge in [0.2, 0.25) is 0 Å². The van der Waals surface area contributed by atoms with Crippen LogP contribution in [0.1, 0.15) is 18.7 Å². The summed E-state index contributed by atoms with van der Waals surface area (Å²) in [4.78, 5) is 8.35. The molecule has 1 aromatic heterocycles. The highest BCUT2D eigenvalue weighted by molar-refractivity contribution is 5.32. The van der Waals surface area contributed by atoms with Crippen LogP contribution < -0.4 is 5.32 Å². The first-order valence-electron chi connectivity index (χ1n) is 5.46. The van der Waals surface area contributed by atoms with Gasteiger partial charge in [0.05, 0.1) is 6.61 Å². The van der Waals surface area contributed by atoms with Crippen molar-refractivity contribution in [2.24, 2.45) is 5.92 Å². The zero-order chi connectivity index (χ0) is 10.5. The van der Waals surface area contributed by atoms with Gasteiger partial charge in [-0.25, -0.2) is 9.97 Å². The predicted octanol–water partition coefficient (Wildman–Crippen LogP) is 1.62. The Hall–Kier alpha value is -1.16. The maximum atomic E-state index is 5.42. The molecule has 4 nitrogen and oxygen atoms in total. The van der Waals surface area contributed by atoms with Crippen molar-refractivity contribution < 1.29 is 4.74 Å². The number of rotatable bonds is 3. The third-order valence-electron chi connectivity index (χ3n) is 2.60. The molecule has 0 aromatic carbocycles. The fourth-order valence-electron chi connectivity index (χ4n) is 1.77. The van der Waals surface area contributed by atoms with Gasteiger partial charge in [-0.2, -0.15) is 0 Å². The van der Waals surface area contributed by atoms with Crippen LogP contribution in [-0.2, 0) is 4.74 Å². The van der Waals surface area contributed by atoms with Crippen LogP contribution in [0.4, 0.5) is 5.82 Å². The number of hydrogen-bond donors (Lipinski definition) is 1. The average Bonchev–Trinajstić information content (AvgIpc) is 2.28. The summed E-state index contributed by atoms with van der Waals surface area (Å²) in [6.07, 6.45) is 4.20. The van der Waals surface area contributed by atoms with E-state index in [1.165, 1.54) is 12.8 Å². The van der Waals surface area contributed by atoms with Crippen LogP contribution in [0, 0.1) is 12.8 Å². The van der Waals surface area contributed by atoms with Crippen molar-refractivity contribution in [1.29, 1.82) is 0 Å². The summed E-state index contributed by atoms with van der Waals surface area (Å²) in [6, 6.07) is 1.90. The summed E-state index contributed by atoms with van der Waals surface area (Å²) in [5, 5.41) is 3.32. The van der Waals surface area contributed by atoms with Crippen molar-refractivity contribution in [1.82, 2.24) is 9.97 Å². The summed E-state index contributed by atoms with van der Waals surface area (Å²) in [5.41, 5.74) is 0. The number of hydrogen-bond acceptors (Lipinski definition) is 4. The molecule has 1 aliphatic heterocycles. The molecule has 0 radical (unpaired) electrons. The topological polar surface area (TPSA) is 47.0 Å². The minimum Gasteiger partial charge on any atom is -0.381 e. The lowest BCUT2D eigenvalue weighted by atomic mass is 10.0. The Morgan fingerprint density at radius 2 is 2.53 bits per heavy atom. The lowest BCUT2D eigenvalue weighted by molar-refractivity contribution is 0.0595. The monoisotopic (exact) mass is 207 g/mol. The highest BCUT2D eigenvalue weighted by Crippen LogP contribution is 2.14. The Bertz CT molecular complexity index is 310. The molecule has 1 aromatic rings. The summed E-state index contributed by atoms with van der Waals surface area (Å²) in [6.45, 7) is 4.63. The van der Waals surface area contributed by atoms with E-state index in [2.05, 4.69) is 15.3 Å². The molecule has 0 bridgehead atoms. The average molecular weight is 207 g/mol. The SMILES string of the molecule is Cc1nccc(NCC2CCCOC2)n1. The summed E-state index contributed by atoms with van der Waals surface area (Å²) in [5.74, 6) is 2.34. The van der Waals surface area contributed by atoms with Crippen LogP contribution in [0.25, 0.3) is 0 Å². The van der Waals surface area contributed by atoms with E-state index in [0.29, 0.717) is 5.92 Å². The molecule has 1 N–H and O–H groups in total. The van der Waals surface area contributed by atoms with E-state index in [1.807, 2.05) is 13.0 Å². The molecule has 15 heavy (non-hydrogen) atoms. The van der Waals surface area contributed by atoms with Gasteiger partial charge in [-0.3, -0.25) is 0 Å². The molecule has 1 saturated heterocycles. The second-order valence-corrected chi connectivity index (χ2v) is 3.95. The van der Waals surface area contributed by atoms with Crippen molar-refractivity contribution in [2.75, 3.05) is 25.1 Å². The Morgan fingerprint density at radius 1 is 1.60 bits per heavy atom. The molecule has 0 amide bonds. The first-order chi connectivity index (χ1) is 7.34. The van der Waals surface area contributed by atoms with Gasteiger partial charge in [-0.05, 0) is 31.7 Å². The molecule has 1 aliphatic rings. The zero-order valence-electron chi connectivity index (χ0n) is 9.07. The van der Waals surface area contributed by atoms with Crippen LogP contribution in [0.3, 0.4) is 0 Å². The summed E-state index contributed by atoms with van der Waals surface area (Å²) < 4.78 is 5.42. The normalized spacial score (nSPS) is 21.3. The first kappa shape index (κ1) is 10.4. The second-order valence-electron chi connectivity index (χ2n) is 3.95.